The van der Waals surface area contributed by atoms with Crippen LogP contribution < -0.4 is 23.8 Å². The monoisotopic (exact) mass is 556 g/mol. The predicted octanol–water partition coefficient (Wildman–Crippen LogP) is 5.13. The van der Waals surface area contributed by atoms with Gasteiger partial charge in [0.1, 0.15) is 25.6 Å². The quantitative estimate of drug-likeness (QED) is 0.190. The number of Topliss-reactive ketones (excluding diaryl/α,β-unsaturated/α-hetero) is 1. The largest absolute Gasteiger partial charge is 0.507 e. The fourth-order valence-electron chi connectivity index (χ4n) is 4.74. The van der Waals surface area contributed by atoms with Crippen molar-refractivity contribution in [3.63, 3.8) is 0 Å². The first kappa shape index (κ1) is 25.4. The first-order chi connectivity index (χ1) is 19.5. The van der Waals surface area contributed by atoms with Gasteiger partial charge in [-0.25, -0.2) is 4.98 Å². The second-order valence-electron chi connectivity index (χ2n) is 9.03. The van der Waals surface area contributed by atoms with Crippen molar-refractivity contribution in [2.75, 3.05) is 25.2 Å². The number of nitrogens with zero attached hydrogens (tertiary/aromatic N) is 2. The number of methoxy groups -OCH3 is 1. The molecule has 0 bridgehead atoms. The molecule has 0 aliphatic carbocycles. The van der Waals surface area contributed by atoms with Crippen molar-refractivity contribution in [1.29, 1.82) is 0 Å². The Morgan fingerprint density at radius 1 is 1.02 bits per heavy atom. The van der Waals surface area contributed by atoms with Crippen LogP contribution in [0.1, 0.15) is 22.7 Å². The molecule has 3 heterocycles. The molecule has 1 N–H and O–H groups in total. The average Bonchev–Trinajstić information content (AvgIpc) is 3.62. The van der Waals surface area contributed by atoms with Crippen LogP contribution in [-0.4, -0.2) is 42.1 Å². The molecule has 3 aromatic carbocycles. The van der Waals surface area contributed by atoms with E-state index in [1.165, 1.54) is 23.3 Å². The molecule has 9 nitrogen and oxygen atoms in total. The molecule has 4 aromatic rings. The topological polar surface area (TPSA) is 107 Å². The van der Waals surface area contributed by atoms with Gasteiger partial charge in [0.15, 0.2) is 28.1 Å². The van der Waals surface area contributed by atoms with Crippen molar-refractivity contribution in [2.45, 2.75) is 12.6 Å². The summed E-state index contributed by atoms with van der Waals surface area (Å²) in [5.41, 5.74) is 1.78. The van der Waals surface area contributed by atoms with Crippen molar-refractivity contribution >= 4 is 33.9 Å². The van der Waals surface area contributed by atoms with E-state index >= 15 is 0 Å². The Labute approximate surface area is 233 Å². The highest BCUT2D eigenvalue weighted by Gasteiger charge is 2.48. The summed E-state index contributed by atoms with van der Waals surface area (Å²) in [6, 6.07) is 18.8. The molecular weight excluding hydrogens is 532 g/mol. The summed E-state index contributed by atoms with van der Waals surface area (Å²) in [5, 5.41) is 13.5. The molecule has 1 saturated heterocycles. The lowest BCUT2D eigenvalue weighted by Crippen LogP contribution is -2.29. The Bertz CT molecular complexity index is 1600. The molecule has 40 heavy (non-hydrogen) atoms. The van der Waals surface area contributed by atoms with Crippen molar-refractivity contribution < 1.29 is 33.6 Å². The van der Waals surface area contributed by atoms with Crippen LogP contribution in [0.4, 0.5) is 5.13 Å². The third-order valence-corrected chi connectivity index (χ3v) is 7.40. The summed E-state index contributed by atoms with van der Waals surface area (Å²) in [5.74, 6) is -0.0484. The molecule has 1 amide bonds. The molecular formula is C30H24N2O7S. The van der Waals surface area contributed by atoms with E-state index in [1.54, 1.807) is 48.0 Å². The Morgan fingerprint density at radius 3 is 2.58 bits per heavy atom. The number of carbonyl (C=O) groups excluding carboxylic acids is 2. The van der Waals surface area contributed by atoms with Crippen LogP contribution in [0.15, 0.2) is 83.9 Å². The Hall–Kier alpha value is -4.83. The Balaban J connectivity index is 1.43. The first-order valence-electron chi connectivity index (χ1n) is 12.5. The van der Waals surface area contributed by atoms with Gasteiger partial charge in [-0.05, 0) is 41.5 Å². The summed E-state index contributed by atoms with van der Waals surface area (Å²) in [6.07, 6.45) is 1.55. The van der Waals surface area contributed by atoms with E-state index in [9.17, 15) is 14.7 Å². The fourth-order valence-corrected chi connectivity index (χ4v) is 5.40. The number of aliphatic hydroxyl groups is 1. The van der Waals surface area contributed by atoms with Gasteiger partial charge in [0.05, 0.1) is 18.7 Å². The number of hydrogen-bond donors (Lipinski definition) is 1. The van der Waals surface area contributed by atoms with Crippen molar-refractivity contribution in [2.24, 2.45) is 0 Å². The van der Waals surface area contributed by atoms with Crippen LogP contribution >= 0.6 is 11.3 Å². The molecule has 1 aromatic heterocycles. The summed E-state index contributed by atoms with van der Waals surface area (Å²) >= 11 is 1.22. The van der Waals surface area contributed by atoms with Crippen LogP contribution in [0.3, 0.4) is 0 Å². The second-order valence-corrected chi connectivity index (χ2v) is 9.90. The highest BCUT2D eigenvalue weighted by atomic mass is 32.1. The number of aliphatic hydroxyl groups excluding tert-OH is 1. The maximum Gasteiger partial charge on any atom is 0.301 e. The van der Waals surface area contributed by atoms with E-state index in [1.807, 2.05) is 30.3 Å². The fraction of sp³-hybridized carbons (Fsp3) is 0.167. The molecule has 6 rings (SSSR count). The maximum atomic E-state index is 13.4. The number of carbonyl (C=O) groups is 2. The van der Waals surface area contributed by atoms with Crippen LogP contribution in [0.5, 0.6) is 23.0 Å². The molecule has 2 aliphatic heterocycles. The molecule has 1 unspecified atom stereocenters. The van der Waals surface area contributed by atoms with E-state index in [2.05, 4.69) is 4.98 Å². The number of benzene rings is 3. The molecule has 1 fully saturated rings. The van der Waals surface area contributed by atoms with E-state index in [4.69, 9.17) is 18.9 Å². The SMILES string of the molecule is COc1cc(C2/C(=C(/O)c3ccc4c(c3)OCCO4)C(=O)C(=O)N2c2nccs2)ccc1OCc1ccccc1. The minimum Gasteiger partial charge on any atom is -0.507 e. The smallest absolute Gasteiger partial charge is 0.301 e. The maximum absolute atomic E-state index is 13.4. The zero-order valence-electron chi connectivity index (χ0n) is 21.4. The van der Waals surface area contributed by atoms with Crippen LogP contribution in [0, 0.1) is 0 Å². The molecule has 0 radical (unpaired) electrons. The van der Waals surface area contributed by atoms with Crippen molar-refractivity contribution in [3.05, 3.63) is 101 Å². The second kappa shape index (κ2) is 10.7. The van der Waals surface area contributed by atoms with Crippen LogP contribution in [0.2, 0.25) is 0 Å². The number of hydrogen-bond acceptors (Lipinski definition) is 9. The van der Waals surface area contributed by atoms with Crippen LogP contribution in [0.25, 0.3) is 5.76 Å². The zero-order valence-corrected chi connectivity index (χ0v) is 22.2. The minimum absolute atomic E-state index is 0.0723. The third-order valence-electron chi connectivity index (χ3n) is 6.63. The number of thiazole rings is 1. The number of ether oxygens (including phenoxy) is 4. The minimum atomic E-state index is -0.962. The van der Waals surface area contributed by atoms with E-state index in [0.717, 1.165) is 5.56 Å². The van der Waals surface area contributed by atoms with E-state index in [-0.39, 0.29) is 11.3 Å². The summed E-state index contributed by atoms with van der Waals surface area (Å²) in [7, 11) is 1.52. The number of amides is 1. The predicted molar refractivity (Wildman–Crippen MR) is 148 cm³/mol. The Kier molecular flexibility index (Phi) is 6.83. The van der Waals surface area contributed by atoms with Gasteiger partial charge in [-0.3, -0.25) is 14.5 Å². The normalized spacial score (nSPS) is 17.6. The van der Waals surface area contributed by atoms with E-state index in [0.29, 0.717) is 59.1 Å². The van der Waals surface area contributed by atoms with Gasteiger partial charge in [-0.2, -0.15) is 0 Å². The summed E-state index contributed by atoms with van der Waals surface area (Å²) in [4.78, 5) is 32.4. The summed E-state index contributed by atoms with van der Waals surface area (Å²) in [6.45, 7) is 1.12. The average molecular weight is 557 g/mol. The lowest BCUT2D eigenvalue weighted by Gasteiger charge is -2.24. The molecule has 0 spiro atoms. The van der Waals surface area contributed by atoms with Gasteiger partial charge in [0, 0.05) is 17.1 Å². The molecule has 0 saturated carbocycles. The van der Waals surface area contributed by atoms with Gasteiger partial charge < -0.3 is 24.1 Å². The van der Waals surface area contributed by atoms with E-state index < -0.39 is 17.7 Å². The number of anilines is 1. The molecule has 2 aliphatic rings. The lowest BCUT2D eigenvalue weighted by molar-refractivity contribution is -0.132. The van der Waals surface area contributed by atoms with Gasteiger partial charge in [0.2, 0.25) is 0 Å². The van der Waals surface area contributed by atoms with Crippen molar-refractivity contribution in [1.82, 2.24) is 4.98 Å². The first-order valence-corrected chi connectivity index (χ1v) is 13.4. The zero-order chi connectivity index (χ0) is 27.6. The molecule has 202 valence electrons. The lowest BCUT2D eigenvalue weighted by atomic mass is 9.95. The third kappa shape index (κ3) is 4.62. The highest BCUT2D eigenvalue weighted by molar-refractivity contribution is 7.14. The van der Waals surface area contributed by atoms with Crippen molar-refractivity contribution in [3.8, 4) is 23.0 Å². The van der Waals surface area contributed by atoms with Gasteiger partial charge in [-0.1, -0.05) is 36.4 Å². The van der Waals surface area contributed by atoms with Gasteiger partial charge >= 0.3 is 5.91 Å². The van der Waals surface area contributed by atoms with Crippen LogP contribution in [-0.2, 0) is 16.2 Å². The molecule has 10 heteroatoms. The number of rotatable bonds is 7. The van der Waals surface area contributed by atoms with Gasteiger partial charge in [-0.15, -0.1) is 11.3 Å². The Morgan fingerprint density at radius 2 is 1.82 bits per heavy atom. The number of fused-ring (bicyclic) bond motifs is 1. The number of aromatic nitrogens is 1. The number of ketones is 1. The standard InChI is InChI=1S/C30H24N2O7S/c1-36-23-15-19(7-9-21(23)39-17-18-5-3-2-4-6-18)26-25(28(34)29(35)32(26)30-31-11-14-40-30)27(33)20-8-10-22-24(16-20)38-13-12-37-22/h2-11,14-16,26,33H,12-13,17H2,1H3/b27-25-. The highest BCUT2D eigenvalue weighted by Crippen LogP contribution is 2.45. The summed E-state index contributed by atoms with van der Waals surface area (Å²) < 4.78 is 22.9. The van der Waals surface area contributed by atoms with Gasteiger partial charge in [0.25, 0.3) is 5.78 Å². The molecule has 1 atom stereocenters.